The van der Waals surface area contributed by atoms with Crippen molar-refractivity contribution in [2.75, 3.05) is 11.4 Å². The molecule has 1 aromatic heterocycles. The van der Waals surface area contributed by atoms with Crippen molar-refractivity contribution in [3.8, 4) is 0 Å². The van der Waals surface area contributed by atoms with Crippen LogP contribution in [0.5, 0.6) is 0 Å². The van der Waals surface area contributed by atoms with Crippen LogP contribution < -0.4 is 10.2 Å². The number of hydrogen-bond acceptors (Lipinski definition) is 5. The van der Waals surface area contributed by atoms with Crippen LogP contribution in [0, 0.1) is 5.92 Å². The molecule has 7 heteroatoms. The maximum Gasteiger partial charge on any atom is 0.252 e. The van der Waals surface area contributed by atoms with Gasteiger partial charge in [0.05, 0.1) is 5.92 Å². The Morgan fingerprint density at radius 1 is 1.14 bits per heavy atom. The van der Waals surface area contributed by atoms with Gasteiger partial charge in [-0.2, -0.15) is 4.98 Å². The summed E-state index contributed by atoms with van der Waals surface area (Å²) in [6.07, 6.45) is 7.22. The minimum absolute atomic E-state index is 0.0112. The highest BCUT2D eigenvalue weighted by Gasteiger charge is 2.44. The summed E-state index contributed by atoms with van der Waals surface area (Å²) in [6, 6.07) is 9.53. The molecule has 0 radical (unpaired) electrons. The van der Waals surface area contributed by atoms with Crippen LogP contribution in [0.15, 0.2) is 34.9 Å². The van der Waals surface area contributed by atoms with Gasteiger partial charge in [-0.1, -0.05) is 42.6 Å². The summed E-state index contributed by atoms with van der Waals surface area (Å²) >= 11 is 0. The highest BCUT2D eigenvalue weighted by atomic mass is 16.5. The highest BCUT2D eigenvalue weighted by molar-refractivity contribution is 6.00. The monoisotopic (exact) mass is 394 g/mol. The molecule has 2 saturated carbocycles. The molecule has 3 aliphatic rings. The topological polar surface area (TPSA) is 88.3 Å². The molecule has 1 aliphatic heterocycles. The van der Waals surface area contributed by atoms with E-state index in [4.69, 9.17) is 4.52 Å². The molecule has 0 unspecified atom stereocenters. The van der Waals surface area contributed by atoms with E-state index in [1.807, 2.05) is 30.3 Å². The van der Waals surface area contributed by atoms with Gasteiger partial charge < -0.3 is 14.7 Å². The van der Waals surface area contributed by atoms with Gasteiger partial charge >= 0.3 is 0 Å². The standard InChI is InChI=1S/C22H26N4O3/c27-18-13-16(14-26(18)17-7-3-1-4-8-17)20(28)24-22(11-5-2-6-12-22)21-23-19(25-29-21)15-9-10-15/h1,3-4,7-8,15-16H,2,5-6,9-14H2,(H,24,28)/t16-/m1/s1. The predicted octanol–water partition coefficient (Wildman–Crippen LogP) is 3.28. The van der Waals surface area contributed by atoms with Gasteiger partial charge in [-0.15, -0.1) is 0 Å². The van der Waals surface area contributed by atoms with Gasteiger partial charge in [-0.3, -0.25) is 9.59 Å². The van der Waals surface area contributed by atoms with Gasteiger partial charge in [0.15, 0.2) is 5.82 Å². The quantitative estimate of drug-likeness (QED) is 0.841. The third kappa shape index (κ3) is 3.54. The molecule has 1 aromatic carbocycles. The predicted molar refractivity (Wildman–Crippen MR) is 106 cm³/mol. The van der Waals surface area contributed by atoms with E-state index in [0.717, 1.165) is 56.5 Å². The molecule has 0 bridgehead atoms. The van der Waals surface area contributed by atoms with Crippen molar-refractivity contribution >= 4 is 17.5 Å². The summed E-state index contributed by atoms with van der Waals surface area (Å²) in [5.74, 6) is 1.25. The van der Waals surface area contributed by atoms with Gasteiger partial charge in [-0.05, 0) is 37.8 Å². The largest absolute Gasteiger partial charge is 0.341 e. The lowest BCUT2D eigenvalue weighted by Gasteiger charge is -2.35. The fraction of sp³-hybridized carbons (Fsp3) is 0.545. The van der Waals surface area contributed by atoms with E-state index in [1.54, 1.807) is 4.90 Å². The number of rotatable bonds is 5. The van der Waals surface area contributed by atoms with Gasteiger partial charge in [0.25, 0.3) is 5.89 Å². The van der Waals surface area contributed by atoms with E-state index < -0.39 is 5.54 Å². The second-order valence-corrected chi connectivity index (χ2v) is 8.60. The van der Waals surface area contributed by atoms with Gasteiger partial charge in [0.1, 0.15) is 5.54 Å². The molecular formula is C22H26N4O3. The molecule has 7 nitrogen and oxygen atoms in total. The SMILES string of the molecule is O=C(NC1(c2nc(C3CC3)no2)CCCCC1)[C@@H]1CC(=O)N(c2ccccc2)C1. The number of benzene rings is 1. The Balaban J connectivity index is 1.33. The summed E-state index contributed by atoms with van der Waals surface area (Å²) in [5.41, 5.74) is 0.241. The summed E-state index contributed by atoms with van der Waals surface area (Å²) in [4.78, 5) is 32.1. The average molecular weight is 394 g/mol. The number of hydrogen-bond donors (Lipinski definition) is 1. The van der Waals surface area contributed by atoms with Crippen molar-refractivity contribution in [1.82, 2.24) is 15.5 Å². The maximum absolute atomic E-state index is 13.2. The third-order valence-corrected chi connectivity index (χ3v) is 6.43. The Bertz CT molecular complexity index is 900. The summed E-state index contributed by atoms with van der Waals surface area (Å²) in [5, 5.41) is 7.41. The van der Waals surface area contributed by atoms with E-state index in [9.17, 15) is 9.59 Å². The number of carbonyl (C=O) groups excluding carboxylic acids is 2. The molecule has 2 heterocycles. The number of nitrogens with zero attached hydrogens (tertiary/aromatic N) is 3. The highest BCUT2D eigenvalue weighted by Crippen LogP contribution is 2.41. The van der Waals surface area contributed by atoms with Crippen molar-refractivity contribution in [1.29, 1.82) is 0 Å². The molecule has 152 valence electrons. The Morgan fingerprint density at radius 2 is 1.90 bits per heavy atom. The molecule has 2 aliphatic carbocycles. The molecule has 5 rings (SSSR count). The first-order valence-electron chi connectivity index (χ1n) is 10.7. The fourth-order valence-corrected chi connectivity index (χ4v) is 4.56. The lowest BCUT2D eigenvalue weighted by atomic mass is 9.81. The molecule has 1 saturated heterocycles. The van der Waals surface area contributed by atoms with Crippen LogP contribution in [0.2, 0.25) is 0 Å². The summed E-state index contributed by atoms with van der Waals surface area (Å²) in [7, 11) is 0. The Kier molecular flexibility index (Phi) is 4.60. The second kappa shape index (κ2) is 7.28. The summed E-state index contributed by atoms with van der Waals surface area (Å²) in [6.45, 7) is 0.405. The molecule has 0 spiro atoms. The van der Waals surface area contributed by atoms with E-state index in [-0.39, 0.29) is 24.2 Å². The first kappa shape index (κ1) is 18.3. The minimum atomic E-state index is -0.599. The Morgan fingerprint density at radius 3 is 2.62 bits per heavy atom. The zero-order valence-corrected chi connectivity index (χ0v) is 16.5. The van der Waals surface area contributed by atoms with Crippen molar-refractivity contribution in [2.24, 2.45) is 5.92 Å². The van der Waals surface area contributed by atoms with Crippen molar-refractivity contribution in [3.05, 3.63) is 42.0 Å². The third-order valence-electron chi connectivity index (χ3n) is 6.43. The number of carbonyl (C=O) groups is 2. The molecule has 1 atom stereocenters. The van der Waals surface area contributed by atoms with E-state index in [2.05, 4.69) is 15.5 Å². The van der Waals surface area contributed by atoms with E-state index in [1.165, 1.54) is 0 Å². The zero-order valence-electron chi connectivity index (χ0n) is 16.5. The van der Waals surface area contributed by atoms with Gasteiger partial charge in [0.2, 0.25) is 11.8 Å². The molecule has 3 fully saturated rings. The molecule has 2 aromatic rings. The van der Waals surface area contributed by atoms with Gasteiger partial charge in [0, 0.05) is 24.6 Å². The number of aromatic nitrogens is 2. The Labute approximate surface area is 169 Å². The van der Waals surface area contributed by atoms with Crippen LogP contribution in [0.25, 0.3) is 0 Å². The van der Waals surface area contributed by atoms with Crippen LogP contribution in [0.4, 0.5) is 5.69 Å². The number of anilines is 1. The fourth-order valence-electron chi connectivity index (χ4n) is 4.56. The Hall–Kier alpha value is -2.70. The smallest absolute Gasteiger partial charge is 0.252 e. The molecule has 1 N–H and O–H groups in total. The van der Waals surface area contributed by atoms with E-state index >= 15 is 0 Å². The zero-order chi connectivity index (χ0) is 19.8. The van der Waals surface area contributed by atoms with Crippen molar-refractivity contribution in [3.63, 3.8) is 0 Å². The van der Waals surface area contributed by atoms with Crippen LogP contribution >= 0.6 is 0 Å². The molecule has 29 heavy (non-hydrogen) atoms. The van der Waals surface area contributed by atoms with Crippen LogP contribution in [-0.4, -0.2) is 28.5 Å². The average Bonchev–Trinajstić information content (AvgIpc) is 3.33. The minimum Gasteiger partial charge on any atom is -0.341 e. The number of amides is 2. The number of para-hydroxylation sites is 1. The first-order valence-corrected chi connectivity index (χ1v) is 10.7. The number of nitrogens with one attached hydrogen (secondary N) is 1. The molecule has 2 amide bonds. The lowest BCUT2D eigenvalue weighted by Crippen LogP contribution is -2.50. The van der Waals surface area contributed by atoms with Gasteiger partial charge in [-0.25, -0.2) is 0 Å². The van der Waals surface area contributed by atoms with Crippen LogP contribution in [0.3, 0.4) is 0 Å². The van der Waals surface area contributed by atoms with Crippen molar-refractivity contribution in [2.45, 2.75) is 62.8 Å². The maximum atomic E-state index is 13.2. The second-order valence-electron chi connectivity index (χ2n) is 8.60. The van der Waals surface area contributed by atoms with E-state index in [0.29, 0.717) is 18.4 Å². The van der Waals surface area contributed by atoms with Crippen LogP contribution in [0.1, 0.15) is 69.0 Å². The van der Waals surface area contributed by atoms with Crippen LogP contribution in [-0.2, 0) is 15.1 Å². The van der Waals surface area contributed by atoms with Crippen molar-refractivity contribution < 1.29 is 14.1 Å². The summed E-state index contributed by atoms with van der Waals surface area (Å²) < 4.78 is 5.63. The first-order chi connectivity index (χ1) is 14.1. The molecular weight excluding hydrogens is 368 g/mol. The lowest BCUT2D eigenvalue weighted by molar-refractivity contribution is -0.129. The normalized spacial score (nSPS) is 23.9.